The van der Waals surface area contributed by atoms with Crippen LogP contribution in [-0.4, -0.2) is 17.0 Å². The molecule has 0 radical (unpaired) electrons. The quantitative estimate of drug-likeness (QED) is 0.459. The van der Waals surface area contributed by atoms with E-state index in [0.29, 0.717) is 5.57 Å². The summed E-state index contributed by atoms with van der Waals surface area (Å²) in [6, 6.07) is 14.6. The van der Waals surface area contributed by atoms with E-state index in [9.17, 15) is 9.90 Å². The molecule has 0 atom stereocenters. The monoisotopic (exact) mass is 295 g/mol. The van der Waals surface area contributed by atoms with E-state index in [1.807, 2.05) is 30.3 Å². The summed E-state index contributed by atoms with van der Waals surface area (Å²) in [4.78, 5) is 15.1. The molecule has 0 saturated carbocycles. The van der Waals surface area contributed by atoms with Crippen molar-refractivity contribution in [1.29, 1.82) is 0 Å². The molecule has 0 bridgehead atoms. The van der Waals surface area contributed by atoms with E-state index >= 15 is 0 Å². The summed E-state index contributed by atoms with van der Waals surface area (Å²) in [5.74, 6) is -0.491. The van der Waals surface area contributed by atoms with E-state index in [1.54, 1.807) is 31.2 Å². The van der Waals surface area contributed by atoms with Crippen LogP contribution in [0.1, 0.15) is 12.5 Å². The van der Waals surface area contributed by atoms with Gasteiger partial charge in [0.15, 0.2) is 5.96 Å². The number of guanidine groups is 1. The van der Waals surface area contributed by atoms with Gasteiger partial charge in [-0.25, -0.2) is 0 Å². The smallest absolute Gasteiger partial charge is 0.275 e. The van der Waals surface area contributed by atoms with Crippen LogP contribution in [-0.2, 0) is 4.79 Å². The molecular weight excluding hydrogens is 278 g/mol. The molecule has 1 amide bonds. The normalized spacial score (nSPS) is 11.0. The summed E-state index contributed by atoms with van der Waals surface area (Å²) >= 11 is 0. The summed E-state index contributed by atoms with van der Waals surface area (Å²) in [6.07, 6.45) is 1.71. The Morgan fingerprint density at radius 1 is 1.09 bits per heavy atom. The van der Waals surface area contributed by atoms with Crippen LogP contribution in [0.15, 0.2) is 59.1 Å². The number of nitrogens with zero attached hydrogens (tertiary/aromatic N) is 1. The third-order valence-electron chi connectivity index (χ3n) is 3.04. The van der Waals surface area contributed by atoms with E-state index < -0.39 is 5.91 Å². The number of carbonyl (C=O) groups is 1. The average Bonchev–Trinajstić information content (AvgIpc) is 2.47. The number of carbonyl (C=O) groups excluding carboxylic acids is 1. The number of phenolic OH excluding ortho intramolecular Hbond substituents is 1. The second-order valence-electron chi connectivity index (χ2n) is 4.84. The third-order valence-corrected chi connectivity index (χ3v) is 3.04. The van der Waals surface area contributed by atoms with Crippen molar-refractivity contribution in [2.75, 3.05) is 0 Å². The Hall–Kier alpha value is -3.08. The Labute approximate surface area is 128 Å². The topological polar surface area (TPSA) is 102 Å². The van der Waals surface area contributed by atoms with Crippen LogP contribution in [0, 0.1) is 0 Å². The maximum Gasteiger partial charge on any atom is 0.275 e. The summed E-state index contributed by atoms with van der Waals surface area (Å²) < 4.78 is 0. The largest absolute Gasteiger partial charge is 0.508 e. The van der Waals surface area contributed by atoms with Gasteiger partial charge >= 0.3 is 0 Å². The van der Waals surface area contributed by atoms with Gasteiger partial charge in [-0.05, 0) is 41.8 Å². The van der Waals surface area contributed by atoms with Crippen molar-refractivity contribution in [3.8, 4) is 16.9 Å². The Morgan fingerprint density at radius 3 is 2.36 bits per heavy atom. The predicted octanol–water partition coefficient (Wildman–Crippen LogP) is 2.26. The molecule has 2 rings (SSSR count). The van der Waals surface area contributed by atoms with Crippen LogP contribution < -0.4 is 11.5 Å². The lowest BCUT2D eigenvalue weighted by atomic mass is 10.0. The first-order chi connectivity index (χ1) is 10.5. The molecule has 5 heteroatoms. The van der Waals surface area contributed by atoms with Gasteiger partial charge in [-0.15, -0.1) is 0 Å². The zero-order valence-electron chi connectivity index (χ0n) is 12.2. The molecule has 2 aromatic rings. The second-order valence-corrected chi connectivity index (χ2v) is 4.84. The molecule has 2 aromatic carbocycles. The lowest BCUT2D eigenvalue weighted by Crippen LogP contribution is -2.24. The SMILES string of the molecule is CC(=Cc1ccc(-c2cccc(O)c2)cc1)C(=O)N=C(N)N. The highest BCUT2D eigenvalue weighted by Gasteiger charge is 2.03. The van der Waals surface area contributed by atoms with Crippen molar-refractivity contribution >= 4 is 17.9 Å². The number of amides is 1. The summed E-state index contributed by atoms with van der Waals surface area (Å²) in [7, 11) is 0. The molecule has 0 aliphatic carbocycles. The van der Waals surface area contributed by atoms with Crippen LogP contribution in [0.4, 0.5) is 0 Å². The standard InChI is InChI=1S/C17H17N3O2/c1-11(16(22)20-17(18)19)9-12-5-7-13(8-6-12)14-3-2-4-15(21)10-14/h2-10,21H,1H3,(H4,18,19,20,22). The number of nitrogens with two attached hydrogens (primary N) is 2. The van der Waals surface area contributed by atoms with Crippen molar-refractivity contribution < 1.29 is 9.90 Å². The number of benzene rings is 2. The van der Waals surface area contributed by atoms with Gasteiger partial charge < -0.3 is 16.6 Å². The zero-order chi connectivity index (χ0) is 16.1. The minimum Gasteiger partial charge on any atom is -0.508 e. The van der Waals surface area contributed by atoms with Crippen LogP contribution in [0.25, 0.3) is 17.2 Å². The Balaban J connectivity index is 2.22. The highest BCUT2D eigenvalue weighted by Crippen LogP contribution is 2.24. The van der Waals surface area contributed by atoms with Crippen LogP contribution in [0.3, 0.4) is 0 Å². The first kappa shape index (κ1) is 15.3. The maximum absolute atomic E-state index is 11.6. The van der Waals surface area contributed by atoms with Gasteiger partial charge in [0.1, 0.15) is 5.75 Å². The lowest BCUT2D eigenvalue weighted by molar-refractivity contribution is -0.114. The van der Waals surface area contributed by atoms with Gasteiger partial charge in [0, 0.05) is 5.57 Å². The maximum atomic E-state index is 11.6. The molecular formula is C17H17N3O2. The van der Waals surface area contributed by atoms with Crippen molar-refractivity contribution in [1.82, 2.24) is 0 Å². The van der Waals surface area contributed by atoms with E-state index in [4.69, 9.17) is 11.5 Å². The van der Waals surface area contributed by atoms with Crippen molar-refractivity contribution in [3.63, 3.8) is 0 Å². The predicted molar refractivity (Wildman–Crippen MR) is 88.0 cm³/mol. The third kappa shape index (κ3) is 3.96. The molecule has 112 valence electrons. The number of hydrogen-bond donors (Lipinski definition) is 3. The average molecular weight is 295 g/mol. The lowest BCUT2D eigenvalue weighted by Gasteiger charge is -2.03. The Kier molecular flexibility index (Phi) is 4.58. The second kappa shape index (κ2) is 6.58. The van der Waals surface area contributed by atoms with Gasteiger partial charge in [-0.1, -0.05) is 36.4 Å². The molecule has 22 heavy (non-hydrogen) atoms. The Morgan fingerprint density at radius 2 is 1.77 bits per heavy atom. The molecule has 0 spiro atoms. The van der Waals surface area contributed by atoms with Crippen LogP contribution in [0.2, 0.25) is 0 Å². The van der Waals surface area contributed by atoms with Gasteiger partial charge in [0.05, 0.1) is 0 Å². The van der Waals surface area contributed by atoms with Crippen molar-refractivity contribution in [3.05, 3.63) is 59.7 Å². The summed E-state index contributed by atoms with van der Waals surface area (Å²) in [5.41, 5.74) is 13.6. The van der Waals surface area contributed by atoms with Gasteiger partial charge in [0.25, 0.3) is 5.91 Å². The fourth-order valence-electron chi connectivity index (χ4n) is 1.97. The molecule has 0 heterocycles. The zero-order valence-corrected chi connectivity index (χ0v) is 12.2. The molecule has 0 aliphatic heterocycles. The van der Waals surface area contributed by atoms with Gasteiger partial charge in [-0.3, -0.25) is 4.79 Å². The molecule has 5 N–H and O–H groups in total. The molecule has 0 aliphatic rings. The molecule has 0 saturated heterocycles. The first-order valence-electron chi connectivity index (χ1n) is 6.67. The fraction of sp³-hybridized carbons (Fsp3) is 0.0588. The van der Waals surface area contributed by atoms with E-state index in [1.165, 1.54) is 0 Å². The van der Waals surface area contributed by atoms with Crippen LogP contribution in [0.5, 0.6) is 5.75 Å². The Bertz CT molecular complexity index is 743. The van der Waals surface area contributed by atoms with Gasteiger partial charge in [0.2, 0.25) is 0 Å². The molecule has 0 fully saturated rings. The van der Waals surface area contributed by atoms with E-state index in [-0.39, 0.29) is 11.7 Å². The number of aromatic hydroxyl groups is 1. The molecule has 5 nitrogen and oxygen atoms in total. The van der Waals surface area contributed by atoms with E-state index in [2.05, 4.69) is 4.99 Å². The minimum absolute atomic E-state index is 0.222. The molecule has 0 aromatic heterocycles. The highest BCUT2D eigenvalue weighted by molar-refractivity contribution is 6.03. The number of rotatable bonds is 3. The van der Waals surface area contributed by atoms with E-state index in [0.717, 1.165) is 16.7 Å². The minimum atomic E-state index is -0.461. The van der Waals surface area contributed by atoms with Crippen LogP contribution >= 0.6 is 0 Å². The van der Waals surface area contributed by atoms with Crippen molar-refractivity contribution in [2.24, 2.45) is 16.5 Å². The first-order valence-corrected chi connectivity index (χ1v) is 6.67. The number of phenols is 1. The van der Waals surface area contributed by atoms with Crippen molar-refractivity contribution in [2.45, 2.75) is 6.92 Å². The van der Waals surface area contributed by atoms with Gasteiger partial charge in [-0.2, -0.15) is 4.99 Å². The summed E-state index contributed by atoms with van der Waals surface area (Å²) in [6.45, 7) is 1.65. The number of hydrogen-bond acceptors (Lipinski definition) is 2. The highest BCUT2D eigenvalue weighted by atomic mass is 16.3. The number of aliphatic imine (C=N–C) groups is 1. The molecule has 0 unspecified atom stereocenters. The summed E-state index contributed by atoms with van der Waals surface area (Å²) in [5, 5.41) is 9.50. The fourth-order valence-corrected chi connectivity index (χ4v) is 1.97.